The molecule has 3 aromatic rings. The molecule has 0 unspecified atom stereocenters. The van der Waals surface area contributed by atoms with E-state index in [-0.39, 0.29) is 23.9 Å². The van der Waals surface area contributed by atoms with Crippen molar-refractivity contribution in [3.05, 3.63) is 82.6 Å². The predicted molar refractivity (Wildman–Crippen MR) is 150 cm³/mol. The summed E-state index contributed by atoms with van der Waals surface area (Å²) >= 11 is 1.57. The van der Waals surface area contributed by atoms with Crippen LogP contribution in [-0.2, 0) is 27.8 Å². The minimum atomic E-state index is -3.94. The summed E-state index contributed by atoms with van der Waals surface area (Å²) in [4.78, 5) is 16.5. The monoisotopic (exact) mass is 558 g/mol. The fourth-order valence-electron chi connectivity index (χ4n) is 3.87. The Morgan fingerprint density at radius 3 is 2.29 bits per heavy atom. The first kappa shape index (κ1) is 29.2. The van der Waals surface area contributed by atoms with E-state index in [1.54, 1.807) is 42.6 Å². The van der Waals surface area contributed by atoms with Crippen LogP contribution >= 0.6 is 11.3 Å². The lowest BCUT2D eigenvalue weighted by Gasteiger charge is -2.27. The van der Waals surface area contributed by atoms with Crippen molar-refractivity contribution in [3.63, 3.8) is 0 Å². The molecule has 0 aliphatic heterocycles. The normalized spacial score (nSPS) is 11.3. The van der Waals surface area contributed by atoms with Crippen molar-refractivity contribution in [1.29, 1.82) is 0 Å². The van der Waals surface area contributed by atoms with Gasteiger partial charge in [-0.3, -0.25) is 4.79 Å². The zero-order chi connectivity index (χ0) is 27.7. The molecule has 0 aliphatic carbocycles. The predicted octanol–water partition coefficient (Wildman–Crippen LogP) is 4.53. The Hall–Kier alpha value is -3.34. The number of aryl methyl sites for hydroxylation is 1. The summed E-state index contributed by atoms with van der Waals surface area (Å²) in [5, 5.41) is 1.99. The molecule has 0 aliphatic rings. The molecule has 204 valence electrons. The Balaban J connectivity index is 1.84. The average Bonchev–Trinajstić information content (AvgIpc) is 3.34. The van der Waals surface area contributed by atoms with Crippen LogP contribution in [0.4, 0.5) is 0 Å². The second-order valence-corrected chi connectivity index (χ2v) is 11.5. The van der Waals surface area contributed by atoms with Crippen LogP contribution in [0.1, 0.15) is 16.0 Å². The molecule has 0 saturated carbocycles. The SMILES string of the molecule is C=CCN(CC(=O)N(CCc1ccc(OC)c(OC)c1)Cc1sccc1C)S(=O)(=O)c1ccc(OC)cc1. The van der Waals surface area contributed by atoms with Gasteiger partial charge in [0.15, 0.2) is 11.5 Å². The number of rotatable bonds is 14. The fraction of sp³-hybridized carbons (Fsp3) is 0.321. The highest BCUT2D eigenvalue weighted by atomic mass is 32.2. The molecule has 8 nitrogen and oxygen atoms in total. The molecular formula is C28H34N2O6S2. The van der Waals surface area contributed by atoms with Gasteiger partial charge in [-0.2, -0.15) is 4.31 Å². The van der Waals surface area contributed by atoms with Crippen LogP contribution in [-0.4, -0.2) is 64.5 Å². The quantitative estimate of drug-likeness (QED) is 0.270. The summed E-state index contributed by atoms with van der Waals surface area (Å²) in [5.41, 5.74) is 2.06. The second-order valence-electron chi connectivity index (χ2n) is 8.54. The van der Waals surface area contributed by atoms with Gasteiger partial charge in [-0.1, -0.05) is 12.1 Å². The van der Waals surface area contributed by atoms with Gasteiger partial charge in [-0.05, 0) is 72.3 Å². The Labute approximate surface area is 229 Å². The van der Waals surface area contributed by atoms with Crippen molar-refractivity contribution in [2.24, 2.45) is 0 Å². The number of sulfonamides is 1. The standard InChI is InChI=1S/C28H34N2O6S2/c1-6-15-30(38(32,33)24-10-8-23(34-3)9-11-24)20-28(31)29(19-27-21(2)14-17-37-27)16-13-22-7-12-25(35-4)26(18-22)36-5/h6-12,14,17-18H,1,13,15-16,19-20H2,2-5H3. The second kappa shape index (κ2) is 13.5. The molecule has 0 N–H and O–H groups in total. The number of benzene rings is 2. The van der Waals surface area contributed by atoms with E-state index in [4.69, 9.17) is 14.2 Å². The molecule has 38 heavy (non-hydrogen) atoms. The van der Waals surface area contributed by atoms with Crippen LogP contribution in [0.15, 0.2) is 71.5 Å². The molecule has 3 rings (SSSR count). The molecule has 0 spiro atoms. The topological polar surface area (TPSA) is 85.4 Å². The average molecular weight is 559 g/mol. The highest BCUT2D eigenvalue weighted by Gasteiger charge is 2.28. The zero-order valence-electron chi connectivity index (χ0n) is 22.2. The third-order valence-corrected chi connectivity index (χ3v) is 8.95. The van der Waals surface area contributed by atoms with Crippen LogP contribution in [0.3, 0.4) is 0 Å². The third-order valence-electron chi connectivity index (χ3n) is 6.12. The summed E-state index contributed by atoms with van der Waals surface area (Å²) in [6.45, 7) is 6.18. The van der Waals surface area contributed by atoms with E-state index >= 15 is 0 Å². The van der Waals surface area contributed by atoms with E-state index in [0.717, 1.165) is 20.3 Å². The minimum Gasteiger partial charge on any atom is -0.497 e. The lowest BCUT2D eigenvalue weighted by atomic mass is 10.1. The first-order valence-electron chi connectivity index (χ1n) is 12.0. The van der Waals surface area contributed by atoms with E-state index in [0.29, 0.717) is 36.8 Å². The highest BCUT2D eigenvalue weighted by molar-refractivity contribution is 7.89. The van der Waals surface area contributed by atoms with Crippen LogP contribution in [0, 0.1) is 6.92 Å². The molecule has 0 saturated heterocycles. The first-order chi connectivity index (χ1) is 18.2. The number of hydrogen-bond acceptors (Lipinski definition) is 7. The van der Waals surface area contributed by atoms with Crippen molar-refractivity contribution in [1.82, 2.24) is 9.21 Å². The lowest BCUT2D eigenvalue weighted by Crippen LogP contribution is -2.43. The molecule has 0 atom stereocenters. The van der Waals surface area contributed by atoms with Crippen LogP contribution < -0.4 is 14.2 Å². The van der Waals surface area contributed by atoms with Crippen LogP contribution in [0.5, 0.6) is 17.2 Å². The Kier molecular flexibility index (Phi) is 10.3. The molecule has 2 aromatic carbocycles. The van der Waals surface area contributed by atoms with Gasteiger partial charge in [0.05, 0.1) is 39.3 Å². The van der Waals surface area contributed by atoms with Gasteiger partial charge in [-0.15, -0.1) is 17.9 Å². The van der Waals surface area contributed by atoms with E-state index in [1.807, 2.05) is 36.6 Å². The molecule has 1 amide bonds. The van der Waals surface area contributed by atoms with Gasteiger partial charge in [0, 0.05) is 18.0 Å². The van der Waals surface area contributed by atoms with Gasteiger partial charge in [0.2, 0.25) is 15.9 Å². The number of thiophene rings is 1. The van der Waals surface area contributed by atoms with Gasteiger partial charge in [-0.25, -0.2) is 8.42 Å². The van der Waals surface area contributed by atoms with Crippen molar-refractivity contribution in [3.8, 4) is 17.2 Å². The summed E-state index contributed by atoms with van der Waals surface area (Å²) in [7, 11) is 0.730. The zero-order valence-corrected chi connectivity index (χ0v) is 23.8. The smallest absolute Gasteiger partial charge is 0.243 e. The highest BCUT2D eigenvalue weighted by Crippen LogP contribution is 2.28. The largest absolute Gasteiger partial charge is 0.497 e. The lowest BCUT2D eigenvalue weighted by molar-refractivity contribution is -0.131. The maximum Gasteiger partial charge on any atom is 0.243 e. The van der Waals surface area contributed by atoms with E-state index in [1.165, 1.54) is 25.3 Å². The van der Waals surface area contributed by atoms with Crippen LogP contribution in [0.25, 0.3) is 0 Å². The minimum absolute atomic E-state index is 0.00164. The van der Waals surface area contributed by atoms with Crippen molar-refractivity contribution in [2.75, 3.05) is 41.0 Å². The maximum atomic E-state index is 13.6. The van der Waals surface area contributed by atoms with Gasteiger partial charge >= 0.3 is 0 Å². The number of ether oxygens (including phenoxy) is 3. The van der Waals surface area contributed by atoms with Crippen molar-refractivity contribution < 1.29 is 27.4 Å². The van der Waals surface area contributed by atoms with E-state index in [9.17, 15) is 13.2 Å². The maximum absolute atomic E-state index is 13.6. The van der Waals surface area contributed by atoms with Crippen molar-refractivity contribution in [2.45, 2.75) is 24.8 Å². The van der Waals surface area contributed by atoms with E-state index < -0.39 is 10.0 Å². The number of methoxy groups -OCH3 is 3. The number of carbonyl (C=O) groups excluding carboxylic acids is 1. The van der Waals surface area contributed by atoms with Gasteiger partial charge in [0.1, 0.15) is 5.75 Å². The molecule has 0 fully saturated rings. The number of hydrogen-bond donors (Lipinski definition) is 0. The molecule has 1 heterocycles. The summed E-state index contributed by atoms with van der Waals surface area (Å²) in [6, 6.07) is 13.8. The molecular weight excluding hydrogens is 524 g/mol. The molecule has 0 radical (unpaired) electrons. The summed E-state index contributed by atoms with van der Waals surface area (Å²) in [6.07, 6.45) is 2.04. The summed E-state index contributed by atoms with van der Waals surface area (Å²) in [5.74, 6) is 1.49. The molecule has 10 heteroatoms. The van der Waals surface area contributed by atoms with Crippen molar-refractivity contribution >= 4 is 27.3 Å². The third kappa shape index (κ3) is 7.15. The van der Waals surface area contributed by atoms with Gasteiger partial charge in [0.25, 0.3) is 0 Å². The number of amides is 1. The van der Waals surface area contributed by atoms with E-state index in [2.05, 4.69) is 6.58 Å². The summed E-state index contributed by atoms with van der Waals surface area (Å²) < 4.78 is 43.8. The first-order valence-corrected chi connectivity index (χ1v) is 14.3. The Bertz CT molecular complexity index is 1340. The molecule has 1 aromatic heterocycles. The number of carbonyl (C=O) groups is 1. The fourth-order valence-corrected chi connectivity index (χ4v) is 6.15. The Morgan fingerprint density at radius 2 is 1.71 bits per heavy atom. The van der Waals surface area contributed by atoms with Crippen LogP contribution in [0.2, 0.25) is 0 Å². The Morgan fingerprint density at radius 1 is 1.00 bits per heavy atom. The molecule has 0 bridgehead atoms. The number of nitrogens with zero attached hydrogens (tertiary/aromatic N) is 2. The van der Waals surface area contributed by atoms with Gasteiger partial charge < -0.3 is 19.1 Å².